The molecule has 2 unspecified atom stereocenters. The van der Waals surface area contributed by atoms with Crippen molar-refractivity contribution in [1.82, 2.24) is 10.2 Å². The first kappa shape index (κ1) is 43.2. The molecule has 4 atom stereocenters. The highest BCUT2D eigenvalue weighted by Crippen LogP contribution is 2.43. The van der Waals surface area contributed by atoms with Gasteiger partial charge in [-0.2, -0.15) is 18.4 Å². The number of carbonyl (C=O) groups excluding carboxylic acids is 4. The zero-order valence-corrected chi connectivity index (χ0v) is 34.1. The van der Waals surface area contributed by atoms with Crippen molar-refractivity contribution in [3.8, 4) is 11.8 Å². The Morgan fingerprint density at radius 1 is 1.07 bits per heavy atom. The number of hydrogen-bond donors (Lipinski definition) is 4. The zero-order valence-electron chi connectivity index (χ0n) is 33.2. The van der Waals surface area contributed by atoms with Gasteiger partial charge in [-0.25, -0.2) is 4.39 Å². The molecule has 3 aliphatic rings. The van der Waals surface area contributed by atoms with Crippen LogP contribution in [0.3, 0.4) is 0 Å². The quantitative estimate of drug-likeness (QED) is 0.0875. The number of rotatable bonds is 12. The Morgan fingerprint density at radius 3 is 2.49 bits per heavy atom. The molecule has 3 aromatic rings. The van der Waals surface area contributed by atoms with E-state index in [-0.39, 0.29) is 42.2 Å². The molecule has 0 aromatic heterocycles. The van der Waals surface area contributed by atoms with E-state index in [1.165, 1.54) is 29.2 Å². The molecule has 3 N–H and O–H groups in total. The second-order valence-electron chi connectivity index (χ2n) is 15.7. The lowest BCUT2D eigenvalue weighted by Crippen LogP contribution is -2.47. The zero-order chi connectivity index (χ0) is 42.8. The van der Waals surface area contributed by atoms with Crippen molar-refractivity contribution in [3.63, 3.8) is 0 Å². The Labute approximate surface area is 345 Å². The fourth-order valence-corrected chi connectivity index (χ4v) is 8.69. The minimum atomic E-state index is -4.79. The van der Waals surface area contributed by atoms with Crippen molar-refractivity contribution in [2.75, 3.05) is 40.1 Å². The molecule has 17 heteroatoms. The number of nitrogens with zero attached hydrogens (tertiary/aromatic N) is 4. The molecule has 314 valence electrons. The number of ether oxygens (including phenoxy) is 1. The minimum absolute atomic E-state index is 0.0115. The van der Waals surface area contributed by atoms with Gasteiger partial charge in [0, 0.05) is 29.5 Å². The molecule has 3 aromatic carbocycles. The molecular formula is C42H47F4N7O5S. The Balaban J connectivity index is 1.02. The number of piperidine rings is 2. The molecule has 0 bridgehead atoms. The fourth-order valence-electron chi connectivity index (χ4n) is 8.03. The molecule has 0 spiro atoms. The third-order valence-electron chi connectivity index (χ3n) is 11.3. The number of hydrogen-bond acceptors (Lipinski definition) is 10. The van der Waals surface area contributed by atoms with E-state index in [9.17, 15) is 42.0 Å². The number of nitrogens with one attached hydrogen (secondary N) is 3. The molecule has 12 nitrogen and oxygen atoms in total. The summed E-state index contributed by atoms with van der Waals surface area (Å²) in [5.74, 6) is -1.20. The highest BCUT2D eigenvalue weighted by Gasteiger charge is 2.52. The van der Waals surface area contributed by atoms with Crippen LogP contribution in [0, 0.1) is 23.1 Å². The standard InChI is InChI=1S/C42H47F4N7O5S/c1-5-26-19-30(53-40(59)52(39(57)41(53,3)4)29-8-6-27(22-47)31(21-29)42(44,45)46)9-12-35(26)58-17-15-25-14-16-51(24(2)18-25)23-37(55)49-34-20-28(7-10-32(34)43)48-33-11-13-36(54)50-38(33)56/h6-10,12,19-21,24-25,33,40,48,59H,5,11,13-18,23H2,1-4H3,(H,49,55)(H,50,54,56)/t24-,25-,33?,40?/m1/s1. The number of aryl methyl sites for hydroxylation is 1. The number of nitriles is 1. The van der Waals surface area contributed by atoms with Gasteiger partial charge in [0.25, 0.3) is 5.91 Å². The summed E-state index contributed by atoms with van der Waals surface area (Å²) in [6.07, 6.45) is -1.23. The van der Waals surface area contributed by atoms with E-state index in [0.717, 1.165) is 37.0 Å². The first-order valence-electron chi connectivity index (χ1n) is 19.5. The van der Waals surface area contributed by atoms with Gasteiger partial charge >= 0.3 is 6.18 Å². The van der Waals surface area contributed by atoms with Gasteiger partial charge in [0.05, 0.1) is 36.0 Å². The Kier molecular flexibility index (Phi) is 12.8. The summed E-state index contributed by atoms with van der Waals surface area (Å²) in [6.45, 7) is 8.59. The highest BCUT2D eigenvalue weighted by atomic mass is 32.1. The van der Waals surface area contributed by atoms with E-state index in [2.05, 4.69) is 27.8 Å². The van der Waals surface area contributed by atoms with Crippen molar-refractivity contribution in [2.45, 2.75) is 95.5 Å². The van der Waals surface area contributed by atoms with Crippen LogP contribution in [0.15, 0.2) is 54.6 Å². The second kappa shape index (κ2) is 17.5. The first-order chi connectivity index (χ1) is 27.9. The molecule has 6 rings (SSSR count). The Bertz CT molecular complexity index is 2160. The lowest BCUT2D eigenvalue weighted by Gasteiger charge is -2.37. The maximum absolute atomic E-state index is 14.7. The van der Waals surface area contributed by atoms with Crippen LogP contribution in [0.4, 0.5) is 40.3 Å². The number of thiol groups is 1. The summed E-state index contributed by atoms with van der Waals surface area (Å²) in [6, 6.07) is 13.8. The minimum Gasteiger partial charge on any atom is -0.493 e. The average molecular weight is 838 g/mol. The highest BCUT2D eigenvalue weighted by molar-refractivity contribution is 7.81. The number of anilines is 4. The Hall–Kier alpha value is -5.34. The largest absolute Gasteiger partial charge is 0.493 e. The van der Waals surface area contributed by atoms with Crippen LogP contribution < -0.4 is 30.5 Å². The van der Waals surface area contributed by atoms with Crippen molar-refractivity contribution in [2.24, 2.45) is 5.92 Å². The molecule has 3 fully saturated rings. The molecule has 0 aliphatic carbocycles. The topological polar surface area (TPSA) is 147 Å². The van der Waals surface area contributed by atoms with Crippen molar-refractivity contribution >= 4 is 59.0 Å². The van der Waals surface area contributed by atoms with E-state index >= 15 is 0 Å². The monoisotopic (exact) mass is 837 g/mol. The van der Waals surface area contributed by atoms with E-state index in [1.807, 2.05) is 19.1 Å². The fraction of sp³-hybridized carbons (Fsp3) is 0.452. The smallest absolute Gasteiger partial charge is 0.417 e. The first-order valence-corrected chi connectivity index (χ1v) is 20.0. The summed E-state index contributed by atoms with van der Waals surface area (Å²) >= 11 is 4.72. The van der Waals surface area contributed by atoms with Gasteiger partial charge in [-0.15, -0.1) is 12.6 Å². The predicted octanol–water partition coefficient (Wildman–Crippen LogP) is 6.85. The normalized spacial score (nSPS) is 22.2. The molecule has 3 heterocycles. The lowest BCUT2D eigenvalue weighted by atomic mass is 9.89. The van der Waals surface area contributed by atoms with Crippen LogP contribution in [0.25, 0.3) is 0 Å². The maximum atomic E-state index is 14.7. The summed E-state index contributed by atoms with van der Waals surface area (Å²) in [4.78, 5) is 55.4. The SMILES string of the molecule is CCc1cc(N2C(S)N(c3ccc(C#N)c(C(F)(F)F)c3)C(=O)C2(C)C)ccc1OCC[C@H]1CCN(CC(=O)Nc2cc(NC3CCC(=O)NC3=O)ccc2F)[C@H](C)C1. The van der Waals surface area contributed by atoms with Crippen molar-refractivity contribution in [1.29, 1.82) is 5.26 Å². The van der Waals surface area contributed by atoms with Gasteiger partial charge in [0.15, 0.2) is 5.50 Å². The number of carbonyl (C=O) groups is 4. The van der Waals surface area contributed by atoms with Gasteiger partial charge in [-0.1, -0.05) is 6.92 Å². The van der Waals surface area contributed by atoms with Crippen LogP contribution in [0.1, 0.15) is 76.5 Å². The van der Waals surface area contributed by atoms with Gasteiger partial charge in [-0.05, 0) is 125 Å². The van der Waals surface area contributed by atoms with Crippen LogP contribution in [0.5, 0.6) is 5.75 Å². The van der Waals surface area contributed by atoms with E-state index in [1.54, 1.807) is 30.9 Å². The number of imide groups is 1. The summed E-state index contributed by atoms with van der Waals surface area (Å²) in [5.41, 5.74) is -1.84. The van der Waals surface area contributed by atoms with E-state index in [0.29, 0.717) is 49.0 Å². The predicted molar refractivity (Wildman–Crippen MR) is 217 cm³/mol. The summed E-state index contributed by atoms with van der Waals surface area (Å²) < 4.78 is 62.3. The van der Waals surface area contributed by atoms with Crippen LogP contribution in [-0.2, 0) is 31.8 Å². The third kappa shape index (κ3) is 9.44. The number of halogens is 4. The second-order valence-corrected chi connectivity index (χ2v) is 16.1. The Morgan fingerprint density at radius 2 is 1.81 bits per heavy atom. The van der Waals surface area contributed by atoms with Crippen molar-refractivity contribution in [3.05, 3.63) is 77.1 Å². The number of likely N-dealkylation sites (tertiary alicyclic amines) is 1. The van der Waals surface area contributed by atoms with Gasteiger partial charge < -0.3 is 20.3 Å². The molecule has 3 aliphatic heterocycles. The molecular weight excluding hydrogens is 791 g/mol. The molecule has 0 radical (unpaired) electrons. The number of amides is 4. The van der Waals surface area contributed by atoms with Crippen LogP contribution in [0.2, 0.25) is 0 Å². The third-order valence-corrected chi connectivity index (χ3v) is 11.8. The lowest BCUT2D eigenvalue weighted by molar-refractivity contribution is -0.138. The van der Waals surface area contributed by atoms with E-state index < -0.39 is 52.0 Å². The molecule has 0 saturated carbocycles. The molecule has 59 heavy (non-hydrogen) atoms. The van der Waals surface area contributed by atoms with Crippen molar-refractivity contribution < 1.29 is 41.5 Å². The van der Waals surface area contributed by atoms with Gasteiger partial charge in [0.2, 0.25) is 17.7 Å². The average Bonchev–Trinajstić information content (AvgIpc) is 3.36. The summed E-state index contributed by atoms with van der Waals surface area (Å²) in [7, 11) is 0. The van der Waals surface area contributed by atoms with Crippen LogP contribution >= 0.6 is 12.6 Å². The number of alkyl halides is 3. The van der Waals surface area contributed by atoms with Gasteiger partial charge in [0.1, 0.15) is 23.1 Å². The molecule has 3 saturated heterocycles. The summed E-state index contributed by atoms with van der Waals surface area (Å²) in [5, 5.41) is 17.2. The van der Waals surface area contributed by atoms with Gasteiger partial charge in [-0.3, -0.25) is 34.3 Å². The molecule has 4 amide bonds. The van der Waals surface area contributed by atoms with E-state index in [4.69, 9.17) is 17.4 Å². The number of benzene rings is 3. The van der Waals surface area contributed by atoms with Crippen LogP contribution in [-0.4, -0.2) is 71.3 Å². The maximum Gasteiger partial charge on any atom is 0.417 e.